The van der Waals surface area contributed by atoms with Crippen LogP contribution in [0.4, 0.5) is 0 Å². The molecule has 3 heteroatoms. The molecule has 0 aliphatic rings. The summed E-state index contributed by atoms with van der Waals surface area (Å²) in [5.74, 6) is 0. The maximum Gasteiger partial charge on any atom is 0.0672 e. The van der Waals surface area contributed by atoms with Crippen LogP contribution in [0.3, 0.4) is 0 Å². The Balaban J connectivity index is 2.41. The van der Waals surface area contributed by atoms with Crippen molar-refractivity contribution in [1.29, 1.82) is 0 Å². The molecule has 0 atom stereocenters. The summed E-state index contributed by atoms with van der Waals surface area (Å²) in [6.07, 6.45) is 3.27. The molecule has 0 aliphatic heterocycles. The molecule has 0 bridgehead atoms. The summed E-state index contributed by atoms with van der Waals surface area (Å²) < 4.78 is 2.04. The van der Waals surface area contributed by atoms with Crippen LogP contribution in [-0.4, -0.2) is 16.8 Å². The minimum atomic E-state index is 0.884. The summed E-state index contributed by atoms with van der Waals surface area (Å²) in [5, 5.41) is 7.79. The Morgan fingerprint density at radius 1 is 1.22 bits per heavy atom. The highest BCUT2D eigenvalue weighted by Gasteiger charge is 2.10. The zero-order valence-electron chi connectivity index (χ0n) is 11.4. The van der Waals surface area contributed by atoms with E-state index in [1.165, 1.54) is 16.7 Å². The number of nitrogens with zero attached hydrogens (tertiary/aromatic N) is 2. The molecule has 96 valence electrons. The molecule has 1 heterocycles. The van der Waals surface area contributed by atoms with Gasteiger partial charge in [-0.2, -0.15) is 5.10 Å². The molecule has 3 nitrogen and oxygen atoms in total. The van der Waals surface area contributed by atoms with Gasteiger partial charge < -0.3 is 5.32 Å². The van der Waals surface area contributed by atoms with Gasteiger partial charge in [-0.1, -0.05) is 31.2 Å². The van der Waals surface area contributed by atoms with Crippen LogP contribution < -0.4 is 5.32 Å². The van der Waals surface area contributed by atoms with Gasteiger partial charge in [0.1, 0.15) is 0 Å². The average Bonchev–Trinajstić information content (AvgIpc) is 2.72. The average molecular weight is 243 g/mol. The fraction of sp³-hybridized carbons (Fsp3) is 0.400. The lowest BCUT2D eigenvalue weighted by Crippen LogP contribution is -2.06. The molecule has 0 aliphatic carbocycles. The topological polar surface area (TPSA) is 29.9 Å². The van der Waals surface area contributed by atoms with Gasteiger partial charge in [0.15, 0.2) is 0 Å². The van der Waals surface area contributed by atoms with Crippen molar-refractivity contribution < 1.29 is 0 Å². The Kier molecular flexibility index (Phi) is 4.15. The number of hydrogen-bond acceptors (Lipinski definition) is 2. The van der Waals surface area contributed by atoms with Crippen molar-refractivity contribution in [3.63, 3.8) is 0 Å². The van der Waals surface area contributed by atoms with Crippen molar-refractivity contribution in [1.82, 2.24) is 15.1 Å². The first-order valence-electron chi connectivity index (χ1n) is 6.53. The summed E-state index contributed by atoms with van der Waals surface area (Å²) in [5.41, 5.74) is 4.95. The third-order valence-electron chi connectivity index (χ3n) is 3.07. The Morgan fingerprint density at radius 2 is 2.00 bits per heavy atom. The van der Waals surface area contributed by atoms with Gasteiger partial charge in [0.25, 0.3) is 0 Å². The molecule has 0 saturated carbocycles. The molecule has 0 radical (unpaired) electrons. The van der Waals surface area contributed by atoms with E-state index in [4.69, 9.17) is 0 Å². The van der Waals surface area contributed by atoms with Gasteiger partial charge in [0.2, 0.25) is 0 Å². The van der Waals surface area contributed by atoms with Crippen LogP contribution in [-0.2, 0) is 13.1 Å². The van der Waals surface area contributed by atoms with Crippen LogP contribution in [0.25, 0.3) is 11.1 Å². The first-order valence-corrected chi connectivity index (χ1v) is 6.53. The van der Waals surface area contributed by atoms with E-state index in [0.29, 0.717) is 0 Å². The standard InChI is InChI=1S/C15H21N3/c1-4-9-18-11-15(12(2)17-18)14-8-6-5-7-13(14)10-16-3/h5-8,11,16H,4,9-10H2,1-3H3. The van der Waals surface area contributed by atoms with Gasteiger partial charge in [-0.15, -0.1) is 0 Å². The zero-order chi connectivity index (χ0) is 13.0. The van der Waals surface area contributed by atoms with Gasteiger partial charge in [0.05, 0.1) is 5.69 Å². The normalized spacial score (nSPS) is 10.8. The molecule has 2 aromatic rings. The number of aromatic nitrogens is 2. The summed E-state index contributed by atoms with van der Waals surface area (Å²) >= 11 is 0. The van der Waals surface area contributed by atoms with Crippen molar-refractivity contribution in [3.8, 4) is 11.1 Å². The van der Waals surface area contributed by atoms with E-state index < -0.39 is 0 Å². The molecule has 0 unspecified atom stereocenters. The lowest BCUT2D eigenvalue weighted by atomic mass is 10.0. The minimum Gasteiger partial charge on any atom is -0.316 e. The summed E-state index contributed by atoms with van der Waals surface area (Å²) in [6.45, 7) is 6.12. The van der Waals surface area contributed by atoms with Gasteiger partial charge in [-0.25, -0.2) is 0 Å². The molecule has 1 aromatic carbocycles. The molecule has 1 N–H and O–H groups in total. The fourth-order valence-corrected chi connectivity index (χ4v) is 2.25. The predicted octanol–water partition coefficient (Wildman–Crippen LogP) is 2.99. The monoisotopic (exact) mass is 243 g/mol. The lowest BCUT2D eigenvalue weighted by molar-refractivity contribution is 0.598. The van der Waals surface area contributed by atoms with Crippen molar-refractivity contribution in [2.45, 2.75) is 33.4 Å². The second-order valence-corrected chi connectivity index (χ2v) is 4.58. The second-order valence-electron chi connectivity index (χ2n) is 4.58. The summed E-state index contributed by atoms with van der Waals surface area (Å²) in [4.78, 5) is 0. The van der Waals surface area contributed by atoms with Gasteiger partial charge in [-0.3, -0.25) is 4.68 Å². The first kappa shape index (κ1) is 12.8. The second kappa shape index (κ2) is 5.83. The number of rotatable bonds is 5. The van der Waals surface area contributed by atoms with Crippen LogP contribution in [0.15, 0.2) is 30.5 Å². The third kappa shape index (κ3) is 2.62. The van der Waals surface area contributed by atoms with E-state index in [9.17, 15) is 0 Å². The maximum atomic E-state index is 4.57. The first-order chi connectivity index (χ1) is 8.76. The van der Waals surface area contributed by atoms with E-state index in [0.717, 1.165) is 25.2 Å². The van der Waals surface area contributed by atoms with Crippen LogP contribution in [0, 0.1) is 6.92 Å². The van der Waals surface area contributed by atoms with E-state index in [1.54, 1.807) is 0 Å². The molecule has 0 amide bonds. The number of nitrogens with one attached hydrogen (secondary N) is 1. The SMILES string of the molecule is CCCn1cc(-c2ccccc2CNC)c(C)n1. The Hall–Kier alpha value is -1.61. The summed E-state index contributed by atoms with van der Waals surface area (Å²) in [7, 11) is 1.98. The number of hydrogen-bond donors (Lipinski definition) is 1. The third-order valence-corrected chi connectivity index (χ3v) is 3.07. The maximum absolute atomic E-state index is 4.57. The highest BCUT2D eigenvalue weighted by Crippen LogP contribution is 2.26. The lowest BCUT2D eigenvalue weighted by Gasteiger charge is -2.07. The molecule has 18 heavy (non-hydrogen) atoms. The van der Waals surface area contributed by atoms with E-state index in [-0.39, 0.29) is 0 Å². The van der Waals surface area contributed by atoms with Crippen molar-refractivity contribution in [2.75, 3.05) is 7.05 Å². The Morgan fingerprint density at radius 3 is 2.72 bits per heavy atom. The zero-order valence-corrected chi connectivity index (χ0v) is 11.4. The van der Waals surface area contributed by atoms with Crippen LogP contribution in [0.1, 0.15) is 24.6 Å². The largest absolute Gasteiger partial charge is 0.316 e. The summed E-state index contributed by atoms with van der Waals surface area (Å²) in [6, 6.07) is 8.52. The van der Waals surface area contributed by atoms with Crippen molar-refractivity contribution >= 4 is 0 Å². The number of benzene rings is 1. The molecule has 2 rings (SSSR count). The molecular weight excluding hydrogens is 222 g/mol. The van der Waals surface area contributed by atoms with Crippen molar-refractivity contribution in [2.24, 2.45) is 0 Å². The van der Waals surface area contributed by atoms with Gasteiger partial charge >= 0.3 is 0 Å². The molecule has 0 fully saturated rings. The van der Waals surface area contributed by atoms with Crippen LogP contribution in [0.5, 0.6) is 0 Å². The Bertz CT molecular complexity index is 514. The predicted molar refractivity (Wildman–Crippen MR) is 75.5 cm³/mol. The van der Waals surface area contributed by atoms with Crippen LogP contribution >= 0.6 is 0 Å². The van der Waals surface area contributed by atoms with E-state index in [2.05, 4.69) is 54.7 Å². The van der Waals surface area contributed by atoms with E-state index in [1.807, 2.05) is 11.7 Å². The van der Waals surface area contributed by atoms with Crippen molar-refractivity contribution in [3.05, 3.63) is 41.7 Å². The Labute approximate surface area is 109 Å². The molecule has 0 saturated heterocycles. The van der Waals surface area contributed by atoms with Gasteiger partial charge in [0, 0.05) is 24.8 Å². The van der Waals surface area contributed by atoms with Crippen LogP contribution in [0.2, 0.25) is 0 Å². The van der Waals surface area contributed by atoms with E-state index >= 15 is 0 Å². The molecule has 0 spiro atoms. The smallest absolute Gasteiger partial charge is 0.0672 e. The quantitative estimate of drug-likeness (QED) is 0.875. The fourth-order valence-electron chi connectivity index (χ4n) is 2.25. The number of aryl methyl sites for hydroxylation is 2. The minimum absolute atomic E-state index is 0.884. The highest BCUT2D eigenvalue weighted by atomic mass is 15.3. The van der Waals surface area contributed by atoms with Gasteiger partial charge in [-0.05, 0) is 31.5 Å². The molecule has 1 aromatic heterocycles. The highest BCUT2D eigenvalue weighted by molar-refractivity contribution is 5.68. The molecular formula is C15H21N3.